The van der Waals surface area contributed by atoms with Crippen LogP contribution in [0.2, 0.25) is 0 Å². The van der Waals surface area contributed by atoms with Crippen molar-refractivity contribution in [3.05, 3.63) is 30.7 Å². The molecule has 1 amide bonds. The highest BCUT2D eigenvalue weighted by Gasteiger charge is 2.39. The average molecular weight is 322 g/mol. The van der Waals surface area contributed by atoms with Gasteiger partial charge in [-0.3, -0.25) is 9.48 Å². The van der Waals surface area contributed by atoms with E-state index in [2.05, 4.69) is 27.3 Å². The molecular formula is C17H18N6O. The minimum absolute atomic E-state index is 0.0314. The number of carbonyl (C=O) groups excluding carboxylic acids is 1. The summed E-state index contributed by atoms with van der Waals surface area (Å²) in [6.07, 6.45) is 6.22. The van der Waals surface area contributed by atoms with Gasteiger partial charge in [-0.2, -0.15) is 5.10 Å². The van der Waals surface area contributed by atoms with Crippen molar-refractivity contribution >= 4 is 28.3 Å². The number of aryl methyl sites for hydroxylation is 1. The lowest BCUT2D eigenvalue weighted by atomic mass is 10.1. The van der Waals surface area contributed by atoms with Gasteiger partial charge in [0.15, 0.2) is 0 Å². The number of carbonyl (C=O) groups is 1. The Kier molecular flexibility index (Phi) is 3.23. The van der Waals surface area contributed by atoms with Gasteiger partial charge in [-0.25, -0.2) is 9.97 Å². The van der Waals surface area contributed by atoms with Crippen LogP contribution >= 0.6 is 0 Å². The normalized spacial score (nSPS) is 19.4. The van der Waals surface area contributed by atoms with Crippen LogP contribution in [0.3, 0.4) is 0 Å². The largest absolute Gasteiger partial charge is 0.383 e. The van der Waals surface area contributed by atoms with E-state index >= 15 is 0 Å². The van der Waals surface area contributed by atoms with Gasteiger partial charge in [-0.05, 0) is 29.9 Å². The number of rotatable bonds is 3. The molecule has 24 heavy (non-hydrogen) atoms. The summed E-state index contributed by atoms with van der Waals surface area (Å²) in [6.45, 7) is 2.07. The Morgan fingerprint density at radius 2 is 2.17 bits per heavy atom. The molecule has 122 valence electrons. The summed E-state index contributed by atoms with van der Waals surface area (Å²) >= 11 is 0. The highest BCUT2D eigenvalue weighted by atomic mass is 16.2. The van der Waals surface area contributed by atoms with E-state index in [1.807, 2.05) is 25.4 Å². The number of fused-ring (bicyclic) bond motifs is 1. The number of pyridine rings is 2. The molecule has 1 saturated carbocycles. The Hall–Kier alpha value is -2.96. The second-order valence-corrected chi connectivity index (χ2v) is 6.39. The molecule has 7 heteroatoms. The van der Waals surface area contributed by atoms with Crippen LogP contribution in [-0.2, 0) is 11.8 Å². The minimum atomic E-state index is 0.0314. The third-order valence-corrected chi connectivity index (χ3v) is 4.44. The Balaban J connectivity index is 1.70. The van der Waals surface area contributed by atoms with E-state index in [1.54, 1.807) is 17.1 Å². The van der Waals surface area contributed by atoms with E-state index in [4.69, 9.17) is 5.73 Å². The third-order valence-electron chi connectivity index (χ3n) is 4.44. The van der Waals surface area contributed by atoms with Crippen molar-refractivity contribution in [2.24, 2.45) is 18.9 Å². The van der Waals surface area contributed by atoms with E-state index in [0.717, 1.165) is 28.5 Å². The van der Waals surface area contributed by atoms with Crippen molar-refractivity contribution in [2.75, 3.05) is 11.1 Å². The Morgan fingerprint density at radius 3 is 2.83 bits per heavy atom. The number of nitrogens with one attached hydrogen (secondary N) is 1. The first-order chi connectivity index (χ1) is 11.5. The van der Waals surface area contributed by atoms with Crippen LogP contribution in [0.1, 0.15) is 13.3 Å². The van der Waals surface area contributed by atoms with E-state index in [0.29, 0.717) is 17.6 Å². The van der Waals surface area contributed by atoms with Crippen LogP contribution in [-0.4, -0.2) is 25.7 Å². The van der Waals surface area contributed by atoms with Gasteiger partial charge in [0, 0.05) is 36.3 Å². The fourth-order valence-electron chi connectivity index (χ4n) is 2.85. The predicted octanol–water partition coefficient (Wildman–Crippen LogP) is 2.21. The van der Waals surface area contributed by atoms with E-state index in [1.165, 1.54) is 0 Å². The lowest BCUT2D eigenvalue weighted by Crippen LogP contribution is -2.15. The molecule has 1 aliphatic rings. The molecule has 2 atom stereocenters. The first-order valence-electron chi connectivity index (χ1n) is 7.87. The zero-order valence-electron chi connectivity index (χ0n) is 13.5. The van der Waals surface area contributed by atoms with Gasteiger partial charge in [0.25, 0.3) is 0 Å². The summed E-state index contributed by atoms with van der Waals surface area (Å²) in [7, 11) is 1.85. The van der Waals surface area contributed by atoms with Gasteiger partial charge in [0.05, 0.1) is 11.9 Å². The van der Waals surface area contributed by atoms with Gasteiger partial charge in [-0.1, -0.05) is 6.92 Å². The van der Waals surface area contributed by atoms with Gasteiger partial charge >= 0.3 is 0 Å². The van der Waals surface area contributed by atoms with Gasteiger partial charge in [0.1, 0.15) is 11.6 Å². The summed E-state index contributed by atoms with van der Waals surface area (Å²) in [5, 5.41) is 8.69. The molecule has 3 N–H and O–H groups in total. The van der Waals surface area contributed by atoms with E-state index in [9.17, 15) is 4.79 Å². The lowest BCUT2D eigenvalue weighted by Gasteiger charge is -2.08. The van der Waals surface area contributed by atoms with Crippen LogP contribution < -0.4 is 11.1 Å². The van der Waals surface area contributed by atoms with Crippen LogP contribution in [0, 0.1) is 11.8 Å². The summed E-state index contributed by atoms with van der Waals surface area (Å²) in [5.41, 5.74) is 7.70. The molecular weight excluding hydrogens is 304 g/mol. The summed E-state index contributed by atoms with van der Waals surface area (Å²) in [4.78, 5) is 20.8. The Morgan fingerprint density at radius 1 is 1.38 bits per heavy atom. The molecule has 0 radical (unpaired) electrons. The number of aromatic nitrogens is 4. The molecule has 4 rings (SSSR count). The number of hydrogen-bond donors (Lipinski definition) is 2. The first-order valence-corrected chi connectivity index (χ1v) is 7.87. The summed E-state index contributed by atoms with van der Waals surface area (Å²) < 4.78 is 1.71. The number of nitrogens with zero attached hydrogens (tertiary/aromatic N) is 4. The monoisotopic (exact) mass is 322 g/mol. The maximum absolute atomic E-state index is 12.1. The van der Waals surface area contributed by atoms with Crippen molar-refractivity contribution in [3.8, 4) is 11.3 Å². The van der Waals surface area contributed by atoms with Crippen molar-refractivity contribution in [3.63, 3.8) is 0 Å². The van der Waals surface area contributed by atoms with Crippen molar-refractivity contribution in [2.45, 2.75) is 13.3 Å². The third kappa shape index (κ3) is 2.58. The second kappa shape index (κ2) is 5.30. The molecule has 3 aromatic heterocycles. The Bertz CT molecular complexity index is 947. The SMILES string of the molecule is C[C@@H]1C[C@H]1C(=O)Nc1cc2cc(-c3cnn(C)c3)nc(N)c2cn1. The maximum atomic E-state index is 12.1. The van der Waals surface area contributed by atoms with Gasteiger partial charge in [0.2, 0.25) is 5.91 Å². The van der Waals surface area contributed by atoms with E-state index < -0.39 is 0 Å². The quantitative estimate of drug-likeness (QED) is 0.770. The van der Waals surface area contributed by atoms with Crippen molar-refractivity contribution in [1.82, 2.24) is 19.7 Å². The molecule has 1 fully saturated rings. The number of nitrogen functional groups attached to an aromatic ring is 1. The zero-order chi connectivity index (χ0) is 16.8. The number of nitrogens with two attached hydrogens (primary N) is 1. The molecule has 0 aromatic carbocycles. The predicted molar refractivity (Wildman–Crippen MR) is 92.1 cm³/mol. The lowest BCUT2D eigenvalue weighted by molar-refractivity contribution is -0.117. The molecule has 0 aliphatic heterocycles. The molecule has 0 unspecified atom stereocenters. The van der Waals surface area contributed by atoms with E-state index in [-0.39, 0.29) is 11.8 Å². The summed E-state index contributed by atoms with van der Waals surface area (Å²) in [6, 6.07) is 3.76. The van der Waals surface area contributed by atoms with Gasteiger partial charge in [-0.15, -0.1) is 0 Å². The molecule has 3 heterocycles. The minimum Gasteiger partial charge on any atom is -0.383 e. The standard InChI is InChI=1S/C17H18N6O/c1-9-3-12(9)17(24)22-15-5-10-4-14(11-6-20-23(2)8-11)21-16(18)13(10)7-19-15/h4-9,12H,3H2,1-2H3,(H2,18,21)(H,19,22,24)/t9-,12-/m1/s1. The maximum Gasteiger partial charge on any atom is 0.228 e. The first kappa shape index (κ1) is 14.6. The van der Waals surface area contributed by atoms with Crippen LogP contribution in [0.15, 0.2) is 30.7 Å². The zero-order valence-corrected chi connectivity index (χ0v) is 13.5. The number of anilines is 2. The highest BCUT2D eigenvalue weighted by Crippen LogP contribution is 2.38. The van der Waals surface area contributed by atoms with Crippen LogP contribution in [0.25, 0.3) is 22.0 Å². The fraction of sp³-hybridized carbons (Fsp3) is 0.294. The Labute approximate surface area is 138 Å². The fourth-order valence-corrected chi connectivity index (χ4v) is 2.85. The molecule has 0 spiro atoms. The van der Waals surface area contributed by atoms with Crippen LogP contribution in [0.5, 0.6) is 0 Å². The second-order valence-electron chi connectivity index (χ2n) is 6.39. The van der Waals surface area contributed by atoms with Crippen molar-refractivity contribution in [1.29, 1.82) is 0 Å². The molecule has 1 aliphatic carbocycles. The van der Waals surface area contributed by atoms with Gasteiger partial charge < -0.3 is 11.1 Å². The molecule has 0 saturated heterocycles. The highest BCUT2D eigenvalue weighted by molar-refractivity contribution is 5.98. The molecule has 7 nitrogen and oxygen atoms in total. The smallest absolute Gasteiger partial charge is 0.228 e. The summed E-state index contributed by atoms with van der Waals surface area (Å²) in [5.74, 6) is 1.55. The number of amides is 1. The average Bonchev–Trinajstić information content (AvgIpc) is 3.12. The topological polar surface area (TPSA) is 98.7 Å². The van der Waals surface area contributed by atoms with Crippen molar-refractivity contribution < 1.29 is 4.79 Å². The number of hydrogen-bond acceptors (Lipinski definition) is 5. The van der Waals surface area contributed by atoms with Crippen LogP contribution in [0.4, 0.5) is 11.6 Å². The molecule has 3 aromatic rings. The molecule has 0 bridgehead atoms.